The van der Waals surface area contributed by atoms with Crippen LogP contribution < -0.4 is 0 Å². The predicted octanol–water partition coefficient (Wildman–Crippen LogP) is 1.77. The average Bonchev–Trinajstić information content (AvgIpc) is 2.17. The van der Waals surface area contributed by atoms with Gasteiger partial charge in [-0.25, -0.2) is 0 Å². The van der Waals surface area contributed by atoms with Gasteiger partial charge in [0, 0.05) is 20.3 Å². The highest BCUT2D eigenvalue weighted by Gasteiger charge is 2.14. The molecule has 0 radical (unpaired) electrons. The van der Waals surface area contributed by atoms with Crippen molar-refractivity contribution >= 4 is 11.6 Å². The summed E-state index contributed by atoms with van der Waals surface area (Å²) >= 11 is 0. The van der Waals surface area contributed by atoms with Crippen molar-refractivity contribution in [2.45, 2.75) is 13.8 Å². The molecule has 0 aromatic heterocycles. The number of carbonyl (C=O) groups is 2. The molecule has 0 aliphatic heterocycles. The van der Waals surface area contributed by atoms with Crippen LogP contribution in [0.3, 0.4) is 0 Å². The second-order valence-corrected chi connectivity index (χ2v) is 3.41. The zero-order chi connectivity index (χ0) is 13.6. The largest absolute Gasteiger partial charge is 0.507 e. The highest BCUT2D eigenvalue weighted by Crippen LogP contribution is 2.27. The van der Waals surface area contributed by atoms with Gasteiger partial charge in [0.15, 0.2) is 11.6 Å². The minimum absolute atomic E-state index is 0.0352. The zero-order valence-electron chi connectivity index (χ0n) is 10.3. The van der Waals surface area contributed by atoms with E-state index >= 15 is 0 Å². The van der Waals surface area contributed by atoms with Gasteiger partial charge in [-0.3, -0.25) is 9.59 Å². The number of hydrogen-bond acceptors (Lipinski definition) is 5. The van der Waals surface area contributed by atoms with Crippen molar-refractivity contribution in [1.29, 1.82) is 0 Å². The highest BCUT2D eigenvalue weighted by atomic mass is 16.4. The van der Waals surface area contributed by atoms with Crippen LogP contribution in [0, 0.1) is 0 Å². The first-order chi connectivity index (χ1) is 7.84. The Morgan fingerprint density at radius 3 is 1.47 bits per heavy atom. The quantitative estimate of drug-likeness (QED) is 0.769. The van der Waals surface area contributed by atoms with Crippen molar-refractivity contribution < 1.29 is 24.5 Å². The molecule has 5 heteroatoms. The third-order valence-corrected chi connectivity index (χ3v) is 1.87. The topological polar surface area (TPSA) is 83.8 Å². The van der Waals surface area contributed by atoms with Gasteiger partial charge in [0.2, 0.25) is 0 Å². The second-order valence-electron chi connectivity index (χ2n) is 3.41. The van der Waals surface area contributed by atoms with Crippen LogP contribution in [0.25, 0.3) is 0 Å². The molecule has 0 aliphatic carbocycles. The number of carbonyl (C=O) groups excluding carboxylic acids is 2. The summed E-state index contributed by atoms with van der Waals surface area (Å²) in [6, 6.07) is 2.18. The maximum absolute atomic E-state index is 11.0. The van der Waals surface area contributed by atoms with E-state index < -0.39 is 0 Å². The van der Waals surface area contributed by atoms with E-state index in [-0.39, 0.29) is 34.2 Å². The predicted molar refractivity (Wildman–Crippen MR) is 62.7 cm³/mol. The molecule has 0 unspecified atom stereocenters. The fourth-order valence-electron chi connectivity index (χ4n) is 1.14. The molecule has 5 nitrogen and oxygen atoms in total. The van der Waals surface area contributed by atoms with E-state index in [4.69, 9.17) is 0 Å². The van der Waals surface area contributed by atoms with E-state index in [9.17, 15) is 19.8 Å². The molecule has 0 spiro atoms. The molecule has 0 aliphatic rings. The summed E-state index contributed by atoms with van der Waals surface area (Å²) in [5.74, 6) is -1.35. The van der Waals surface area contributed by atoms with Gasteiger partial charge in [-0.15, -0.1) is 0 Å². The number of ether oxygens (including phenoxy) is 1. The van der Waals surface area contributed by atoms with E-state index in [1.54, 1.807) is 14.2 Å². The average molecular weight is 240 g/mol. The van der Waals surface area contributed by atoms with Crippen molar-refractivity contribution in [3.05, 3.63) is 23.3 Å². The number of ketones is 2. The Kier molecular flexibility index (Phi) is 5.91. The maximum Gasteiger partial charge on any atom is 0.163 e. The monoisotopic (exact) mass is 240 g/mol. The summed E-state index contributed by atoms with van der Waals surface area (Å²) in [5.41, 5.74) is 0.0704. The van der Waals surface area contributed by atoms with Crippen LogP contribution in [-0.2, 0) is 4.74 Å². The first kappa shape index (κ1) is 15.1. The van der Waals surface area contributed by atoms with Crippen molar-refractivity contribution in [3.63, 3.8) is 0 Å². The fraction of sp³-hybridized carbons (Fsp3) is 0.333. The number of Topliss-reactive ketones (excluding diaryl/α,β-unsaturated/α-hetero) is 2. The SMILES string of the molecule is CC(=O)c1cc(C(C)=O)c(O)cc1O.COC. The number of hydrogen-bond donors (Lipinski definition) is 2. The molecule has 0 saturated heterocycles. The summed E-state index contributed by atoms with van der Waals surface area (Å²) in [6.45, 7) is 2.55. The number of aromatic hydroxyl groups is 2. The number of rotatable bonds is 2. The molecule has 1 aromatic rings. The first-order valence-electron chi connectivity index (χ1n) is 4.83. The van der Waals surface area contributed by atoms with Gasteiger partial charge >= 0.3 is 0 Å². The maximum atomic E-state index is 11.0. The van der Waals surface area contributed by atoms with Crippen LogP contribution in [0.5, 0.6) is 11.5 Å². The molecule has 94 valence electrons. The summed E-state index contributed by atoms with van der Waals surface area (Å²) in [4.78, 5) is 22.0. The summed E-state index contributed by atoms with van der Waals surface area (Å²) in [5, 5.41) is 18.6. The molecule has 0 fully saturated rings. The van der Waals surface area contributed by atoms with Crippen molar-refractivity contribution in [2.75, 3.05) is 14.2 Å². The van der Waals surface area contributed by atoms with Gasteiger partial charge in [0.25, 0.3) is 0 Å². The normalized spacial score (nSPS) is 9.18. The van der Waals surface area contributed by atoms with Gasteiger partial charge in [-0.1, -0.05) is 0 Å². The third-order valence-electron chi connectivity index (χ3n) is 1.87. The smallest absolute Gasteiger partial charge is 0.163 e. The Morgan fingerprint density at radius 1 is 0.941 bits per heavy atom. The Morgan fingerprint density at radius 2 is 1.24 bits per heavy atom. The van der Waals surface area contributed by atoms with Gasteiger partial charge in [0.05, 0.1) is 11.1 Å². The highest BCUT2D eigenvalue weighted by molar-refractivity contribution is 6.03. The Hall–Kier alpha value is -1.88. The third kappa shape index (κ3) is 4.24. The van der Waals surface area contributed by atoms with Crippen molar-refractivity contribution in [2.24, 2.45) is 0 Å². The molecule has 0 atom stereocenters. The standard InChI is InChI=1S/C10H10O4.C2H6O/c1-5(11)7-3-8(6(2)12)10(14)4-9(7)13;1-3-2/h3-4,13-14H,1-2H3;1-2H3. The van der Waals surface area contributed by atoms with Crippen LogP contribution in [0.1, 0.15) is 34.6 Å². The summed E-state index contributed by atoms with van der Waals surface area (Å²) in [6.07, 6.45) is 0. The number of methoxy groups -OCH3 is 1. The molecule has 0 heterocycles. The molecule has 0 saturated carbocycles. The Balaban J connectivity index is 0.000000770. The summed E-state index contributed by atoms with van der Waals surface area (Å²) in [7, 11) is 3.25. The molecular formula is C12H16O5. The van der Waals surface area contributed by atoms with E-state index in [0.29, 0.717) is 0 Å². The minimum atomic E-state index is -0.356. The molecule has 0 bridgehead atoms. The number of phenolic OH excluding ortho intramolecular Hbond substituents is 2. The lowest BCUT2D eigenvalue weighted by atomic mass is 10.0. The molecule has 17 heavy (non-hydrogen) atoms. The van der Waals surface area contributed by atoms with Gasteiger partial charge in [-0.2, -0.15) is 0 Å². The van der Waals surface area contributed by atoms with E-state index in [1.165, 1.54) is 19.9 Å². The second kappa shape index (κ2) is 6.65. The van der Waals surface area contributed by atoms with Gasteiger partial charge in [0.1, 0.15) is 11.5 Å². The molecule has 1 aromatic carbocycles. The lowest BCUT2D eigenvalue weighted by Gasteiger charge is -2.05. The Bertz CT molecular complexity index is 388. The van der Waals surface area contributed by atoms with E-state index in [2.05, 4.69) is 4.74 Å². The minimum Gasteiger partial charge on any atom is -0.507 e. The molecule has 1 rings (SSSR count). The van der Waals surface area contributed by atoms with Gasteiger partial charge in [-0.05, 0) is 19.9 Å². The Labute approximate surface area is 99.7 Å². The number of phenols is 2. The molecule has 2 N–H and O–H groups in total. The zero-order valence-corrected chi connectivity index (χ0v) is 10.3. The van der Waals surface area contributed by atoms with Crippen molar-refractivity contribution in [1.82, 2.24) is 0 Å². The molecule has 0 amide bonds. The lowest BCUT2D eigenvalue weighted by Crippen LogP contribution is -1.99. The fourth-order valence-corrected chi connectivity index (χ4v) is 1.14. The van der Waals surface area contributed by atoms with Crippen LogP contribution in [0.4, 0.5) is 0 Å². The van der Waals surface area contributed by atoms with Crippen molar-refractivity contribution in [3.8, 4) is 11.5 Å². The van der Waals surface area contributed by atoms with E-state index in [1.807, 2.05) is 0 Å². The van der Waals surface area contributed by atoms with Crippen LogP contribution >= 0.6 is 0 Å². The lowest BCUT2D eigenvalue weighted by molar-refractivity contribution is 0.101. The molecular weight excluding hydrogens is 224 g/mol. The van der Waals surface area contributed by atoms with Crippen LogP contribution in [0.15, 0.2) is 12.1 Å². The van der Waals surface area contributed by atoms with Gasteiger partial charge < -0.3 is 14.9 Å². The van der Waals surface area contributed by atoms with Crippen LogP contribution in [-0.4, -0.2) is 36.0 Å². The summed E-state index contributed by atoms with van der Waals surface area (Å²) < 4.78 is 4.25. The van der Waals surface area contributed by atoms with Crippen LogP contribution in [0.2, 0.25) is 0 Å². The van der Waals surface area contributed by atoms with E-state index in [0.717, 1.165) is 6.07 Å². The number of benzene rings is 1. The first-order valence-corrected chi connectivity index (χ1v) is 4.83.